The monoisotopic (exact) mass is 314 g/mol. The lowest BCUT2D eigenvalue weighted by Crippen LogP contribution is -2.16. The molecule has 2 N–H and O–H groups in total. The maximum absolute atomic E-state index is 12.1. The van der Waals surface area contributed by atoms with E-state index in [4.69, 9.17) is 0 Å². The smallest absolute Gasteiger partial charge is 0.281 e. The van der Waals surface area contributed by atoms with Crippen molar-refractivity contribution < 1.29 is 9.90 Å². The standard InChI is InChI=1S/C17H18N2O2S/c20-14-7-4-5-12(9-14)11-18-19-17(21)16-10-13-6-2-1-3-8-15(13)22-16/h4-5,7,9-11,20H,1-3,6,8H2,(H,19,21)/b18-11-. The highest BCUT2D eigenvalue weighted by molar-refractivity contribution is 7.14. The maximum atomic E-state index is 12.1. The lowest BCUT2D eigenvalue weighted by molar-refractivity contribution is 0.0959. The molecule has 5 heteroatoms. The minimum Gasteiger partial charge on any atom is -0.508 e. The fraction of sp³-hybridized carbons (Fsp3) is 0.294. The van der Waals surface area contributed by atoms with Gasteiger partial charge in [0.05, 0.1) is 11.1 Å². The van der Waals surface area contributed by atoms with Gasteiger partial charge in [-0.05, 0) is 55.0 Å². The van der Waals surface area contributed by atoms with Crippen LogP contribution in [-0.4, -0.2) is 17.2 Å². The first-order chi connectivity index (χ1) is 10.7. The Morgan fingerprint density at radius 2 is 2.09 bits per heavy atom. The fourth-order valence-electron chi connectivity index (χ4n) is 2.60. The molecule has 0 radical (unpaired) electrons. The van der Waals surface area contributed by atoms with E-state index in [0.717, 1.165) is 23.3 Å². The lowest BCUT2D eigenvalue weighted by atomic mass is 10.1. The molecule has 3 rings (SSSR count). The number of aryl methyl sites for hydroxylation is 2. The van der Waals surface area contributed by atoms with Crippen molar-refractivity contribution >= 4 is 23.5 Å². The van der Waals surface area contributed by atoms with Gasteiger partial charge in [0.25, 0.3) is 5.91 Å². The first-order valence-electron chi connectivity index (χ1n) is 7.46. The van der Waals surface area contributed by atoms with E-state index >= 15 is 0 Å². The number of rotatable bonds is 3. The molecule has 1 amide bonds. The Morgan fingerprint density at radius 3 is 2.95 bits per heavy atom. The highest BCUT2D eigenvalue weighted by atomic mass is 32.1. The number of benzene rings is 1. The van der Waals surface area contributed by atoms with Gasteiger partial charge in [0.2, 0.25) is 0 Å². The Labute approximate surface area is 133 Å². The number of carbonyl (C=O) groups excluding carboxylic acids is 1. The third-order valence-corrected chi connectivity index (χ3v) is 4.96. The van der Waals surface area contributed by atoms with Crippen molar-refractivity contribution in [1.82, 2.24) is 5.43 Å². The Hall–Kier alpha value is -2.14. The van der Waals surface area contributed by atoms with Crippen LogP contribution in [0.3, 0.4) is 0 Å². The van der Waals surface area contributed by atoms with Crippen LogP contribution < -0.4 is 5.43 Å². The summed E-state index contributed by atoms with van der Waals surface area (Å²) in [6.07, 6.45) is 7.38. The number of thiophene rings is 1. The minimum absolute atomic E-state index is 0.172. The number of phenols is 1. The third kappa shape index (κ3) is 3.54. The van der Waals surface area contributed by atoms with Gasteiger partial charge < -0.3 is 5.11 Å². The summed E-state index contributed by atoms with van der Waals surface area (Å²) < 4.78 is 0. The molecule has 114 valence electrons. The first kappa shape index (κ1) is 14.8. The zero-order valence-electron chi connectivity index (χ0n) is 12.2. The molecule has 0 fully saturated rings. The molecule has 0 saturated carbocycles. The highest BCUT2D eigenvalue weighted by Gasteiger charge is 2.15. The Morgan fingerprint density at radius 1 is 1.23 bits per heavy atom. The summed E-state index contributed by atoms with van der Waals surface area (Å²) in [5, 5.41) is 13.3. The molecule has 0 atom stereocenters. The number of hydrogen-bond donors (Lipinski definition) is 2. The van der Waals surface area contributed by atoms with Crippen LogP contribution in [0.2, 0.25) is 0 Å². The second-order valence-corrected chi connectivity index (χ2v) is 6.55. The summed E-state index contributed by atoms with van der Waals surface area (Å²) >= 11 is 1.58. The average molecular weight is 314 g/mol. The number of nitrogens with one attached hydrogen (secondary N) is 1. The first-order valence-corrected chi connectivity index (χ1v) is 8.28. The van der Waals surface area contributed by atoms with Crippen LogP contribution in [0.25, 0.3) is 0 Å². The van der Waals surface area contributed by atoms with Crippen LogP contribution in [0, 0.1) is 0 Å². The molecular formula is C17H18N2O2S. The van der Waals surface area contributed by atoms with E-state index in [9.17, 15) is 9.90 Å². The quantitative estimate of drug-likeness (QED) is 0.517. The summed E-state index contributed by atoms with van der Waals surface area (Å²) in [4.78, 5) is 14.2. The number of fused-ring (bicyclic) bond motifs is 1. The van der Waals surface area contributed by atoms with Crippen molar-refractivity contribution in [3.05, 3.63) is 51.2 Å². The summed E-state index contributed by atoms with van der Waals surface area (Å²) in [5.41, 5.74) is 4.61. The van der Waals surface area contributed by atoms with Gasteiger partial charge in [0.1, 0.15) is 5.75 Å². The molecule has 2 aromatic rings. The fourth-order valence-corrected chi connectivity index (χ4v) is 3.75. The number of hydrazone groups is 1. The molecule has 1 aliphatic carbocycles. The Balaban J connectivity index is 1.65. The van der Waals surface area contributed by atoms with E-state index in [-0.39, 0.29) is 11.7 Å². The van der Waals surface area contributed by atoms with Crippen molar-refractivity contribution in [3.63, 3.8) is 0 Å². The molecule has 0 spiro atoms. The van der Waals surface area contributed by atoms with Gasteiger partial charge in [-0.25, -0.2) is 5.43 Å². The second kappa shape index (κ2) is 6.75. The molecule has 0 bridgehead atoms. The zero-order chi connectivity index (χ0) is 15.4. The van der Waals surface area contributed by atoms with E-state index in [1.165, 1.54) is 35.9 Å². The van der Waals surface area contributed by atoms with Gasteiger partial charge in [0, 0.05) is 4.88 Å². The number of hydrogen-bond acceptors (Lipinski definition) is 4. The van der Waals surface area contributed by atoms with E-state index in [1.807, 2.05) is 12.1 Å². The number of amides is 1. The predicted octanol–water partition coefficient (Wildman–Crippen LogP) is 3.49. The number of aromatic hydroxyl groups is 1. The van der Waals surface area contributed by atoms with Gasteiger partial charge in [-0.3, -0.25) is 4.79 Å². The van der Waals surface area contributed by atoms with Gasteiger partial charge in [-0.2, -0.15) is 5.10 Å². The van der Waals surface area contributed by atoms with E-state index in [0.29, 0.717) is 0 Å². The zero-order valence-corrected chi connectivity index (χ0v) is 13.0. The molecule has 1 aromatic heterocycles. The summed E-state index contributed by atoms with van der Waals surface area (Å²) in [7, 11) is 0. The lowest BCUT2D eigenvalue weighted by Gasteiger charge is -1.97. The van der Waals surface area contributed by atoms with Crippen LogP contribution >= 0.6 is 11.3 Å². The van der Waals surface area contributed by atoms with Crippen molar-refractivity contribution in [3.8, 4) is 5.75 Å². The normalized spacial score (nSPS) is 14.5. The summed E-state index contributed by atoms with van der Waals surface area (Å²) in [6, 6.07) is 8.72. The largest absolute Gasteiger partial charge is 0.508 e. The molecule has 1 aromatic carbocycles. The summed E-state index contributed by atoms with van der Waals surface area (Å²) in [5.74, 6) is 0.00625. The molecule has 0 unspecified atom stereocenters. The number of phenolic OH excluding ortho intramolecular Hbond substituents is 1. The Bertz CT molecular complexity index is 683. The molecule has 0 saturated heterocycles. The van der Waals surface area contributed by atoms with Crippen LogP contribution in [-0.2, 0) is 12.8 Å². The van der Waals surface area contributed by atoms with Crippen LogP contribution in [0.15, 0.2) is 35.4 Å². The third-order valence-electron chi connectivity index (χ3n) is 3.72. The van der Waals surface area contributed by atoms with Crippen molar-refractivity contribution in [1.29, 1.82) is 0 Å². The Kier molecular flexibility index (Phi) is 4.53. The van der Waals surface area contributed by atoms with Crippen molar-refractivity contribution in [2.75, 3.05) is 0 Å². The number of nitrogens with zero attached hydrogens (tertiary/aromatic N) is 1. The molecule has 1 aliphatic rings. The van der Waals surface area contributed by atoms with E-state index in [1.54, 1.807) is 29.5 Å². The van der Waals surface area contributed by atoms with Gasteiger partial charge in [-0.1, -0.05) is 18.6 Å². The van der Waals surface area contributed by atoms with Crippen LogP contribution in [0.4, 0.5) is 0 Å². The molecular weight excluding hydrogens is 296 g/mol. The molecule has 22 heavy (non-hydrogen) atoms. The topological polar surface area (TPSA) is 61.7 Å². The van der Waals surface area contributed by atoms with E-state index < -0.39 is 0 Å². The van der Waals surface area contributed by atoms with Gasteiger partial charge in [-0.15, -0.1) is 11.3 Å². The maximum Gasteiger partial charge on any atom is 0.281 e. The number of carbonyl (C=O) groups is 1. The van der Waals surface area contributed by atoms with Crippen LogP contribution in [0.1, 0.15) is 44.9 Å². The van der Waals surface area contributed by atoms with Gasteiger partial charge >= 0.3 is 0 Å². The van der Waals surface area contributed by atoms with E-state index in [2.05, 4.69) is 10.5 Å². The predicted molar refractivity (Wildman–Crippen MR) is 88.7 cm³/mol. The molecule has 0 aliphatic heterocycles. The SMILES string of the molecule is O=C(N/N=C\c1cccc(O)c1)c1cc2c(s1)CCCCC2. The van der Waals surface area contributed by atoms with Gasteiger partial charge in [0.15, 0.2) is 0 Å². The minimum atomic E-state index is -0.172. The van der Waals surface area contributed by atoms with Crippen molar-refractivity contribution in [2.45, 2.75) is 32.1 Å². The van der Waals surface area contributed by atoms with Crippen molar-refractivity contribution in [2.24, 2.45) is 5.10 Å². The second-order valence-electron chi connectivity index (χ2n) is 5.41. The summed E-state index contributed by atoms with van der Waals surface area (Å²) in [6.45, 7) is 0. The average Bonchev–Trinajstić information content (AvgIpc) is 2.78. The molecule has 4 nitrogen and oxygen atoms in total. The highest BCUT2D eigenvalue weighted by Crippen LogP contribution is 2.28. The van der Waals surface area contributed by atoms with Crippen LogP contribution in [0.5, 0.6) is 5.75 Å². The molecule has 1 heterocycles.